The van der Waals surface area contributed by atoms with Gasteiger partial charge in [-0.3, -0.25) is 4.79 Å². The van der Waals surface area contributed by atoms with E-state index in [4.69, 9.17) is 10.5 Å². The molecule has 3 nitrogen and oxygen atoms in total. The van der Waals surface area contributed by atoms with Crippen LogP contribution in [0.4, 0.5) is 5.69 Å². The third kappa shape index (κ3) is 3.72. The summed E-state index contributed by atoms with van der Waals surface area (Å²) in [7, 11) is 0. The van der Waals surface area contributed by atoms with E-state index < -0.39 is 0 Å². The Labute approximate surface area is 118 Å². The number of nitrogens with two attached hydrogens (primary N) is 1. The lowest BCUT2D eigenvalue weighted by atomic mass is 10.1. The van der Waals surface area contributed by atoms with Crippen LogP contribution in [0.3, 0.4) is 0 Å². The Morgan fingerprint density at radius 2 is 1.75 bits per heavy atom. The van der Waals surface area contributed by atoms with Crippen LogP contribution in [0.15, 0.2) is 54.6 Å². The second kappa shape index (κ2) is 6.57. The summed E-state index contributed by atoms with van der Waals surface area (Å²) in [5.41, 5.74) is 7.82. The van der Waals surface area contributed by atoms with E-state index in [0.29, 0.717) is 17.9 Å². The van der Waals surface area contributed by atoms with Gasteiger partial charge in [0.05, 0.1) is 6.61 Å². The molecule has 0 amide bonds. The van der Waals surface area contributed by atoms with Gasteiger partial charge in [-0.25, -0.2) is 0 Å². The van der Waals surface area contributed by atoms with Crippen molar-refractivity contribution in [2.24, 2.45) is 0 Å². The standard InChI is InChI=1S/C17H17NO2/c1-2-20-16-10-3-13(4-11-16)5-12-17(19)14-6-8-15(18)9-7-14/h3-12H,2,18H2,1H3. The van der Waals surface area contributed by atoms with E-state index in [9.17, 15) is 4.79 Å². The molecule has 0 aliphatic rings. The smallest absolute Gasteiger partial charge is 0.185 e. The van der Waals surface area contributed by atoms with Crippen LogP contribution < -0.4 is 10.5 Å². The number of nitrogen functional groups attached to an aromatic ring is 1. The molecule has 2 rings (SSSR count). The maximum absolute atomic E-state index is 11.9. The lowest BCUT2D eigenvalue weighted by molar-refractivity contribution is 0.104. The fourth-order valence-corrected chi connectivity index (χ4v) is 1.76. The molecule has 0 fully saturated rings. The second-order valence-electron chi connectivity index (χ2n) is 4.32. The molecular weight excluding hydrogens is 250 g/mol. The van der Waals surface area contributed by atoms with Gasteiger partial charge in [0.15, 0.2) is 5.78 Å². The van der Waals surface area contributed by atoms with Gasteiger partial charge in [-0.15, -0.1) is 0 Å². The lowest BCUT2D eigenvalue weighted by Crippen LogP contribution is -1.94. The van der Waals surface area contributed by atoms with Crippen LogP contribution in [0.2, 0.25) is 0 Å². The van der Waals surface area contributed by atoms with Crippen LogP contribution >= 0.6 is 0 Å². The SMILES string of the molecule is CCOc1ccc(C=CC(=O)c2ccc(N)cc2)cc1. The molecule has 0 unspecified atom stereocenters. The highest BCUT2D eigenvalue weighted by Gasteiger charge is 2.00. The number of carbonyl (C=O) groups excluding carboxylic acids is 1. The van der Waals surface area contributed by atoms with E-state index in [1.807, 2.05) is 31.2 Å². The molecule has 3 heteroatoms. The van der Waals surface area contributed by atoms with Gasteiger partial charge in [-0.1, -0.05) is 18.2 Å². The van der Waals surface area contributed by atoms with Crippen LogP contribution in [0.5, 0.6) is 5.75 Å². The summed E-state index contributed by atoms with van der Waals surface area (Å²) in [5.74, 6) is 0.786. The second-order valence-corrected chi connectivity index (χ2v) is 4.32. The van der Waals surface area contributed by atoms with E-state index in [1.54, 1.807) is 36.4 Å². The highest BCUT2D eigenvalue weighted by molar-refractivity contribution is 6.06. The molecule has 0 atom stereocenters. The highest BCUT2D eigenvalue weighted by Crippen LogP contribution is 2.14. The van der Waals surface area contributed by atoms with Crippen molar-refractivity contribution in [3.63, 3.8) is 0 Å². The minimum atomic E-state index is -0.0427. The predicted octanol–water partition coefficient (Wildman–Crippen LogP) is 3.56. The van der Waals surface area contributed by atoms with E-state index in [2.05, 4.69) is 0 Å². The number of ether oxygens (including phenoxy) is 1. The summed E-state index contributed by atoms with van der Waals surface area (Å²) in [6, 6.07) is 14.5. The molecular formula is C17H17NO2. The fraction of sp³-hybridized carbons (Fsp3) is 0.118. The van der Waals surface area contributed by atoms with E-state index in [0.717, 1.165) is 11.3 Å². The first-order valence-electron chi connectivity index (χ1n) is 6.50. The van der Waals surface area contributed by atoms with E-state index in [-0.39, 0.29) is 5.78 Å². The number of ketones is 1. The molecule has 0 aromatic heterocycles. The van der Waals surface area contributed by atoms with Gasteiger partial charge in [-0.2, -0.15) is 0 Å². The number of anilines is 1. The lowest BCUT2D eigenvalue weighted by Gasteiger charge is -2.02. The molecule has 0 saturated heterocycles. The normalized spacial score (nSPS) is 10.7. The number of hydrogen-bond donors (Lipinski definition) is 1. The average molecular weight is 267 g/mol. The first-order valence-corrected chi connectivity index (χ1v) is 6.50. The molecule has 102 valence electrons. The fourth-order valence-electron chi connectivity index (χ4n) is 1.76. The van der Waals surface area contributed by atoms with Gasteiger partial charge in [-0.05, 0) is 55.0 Å². The monoisotopic (exact) mass is 267 g/mol. The Kier molecular flexibility index (Phi) is 4.56. The summed E-state index contributed by atoms with van der Waals surface area (Å²) >= 11 is 0. The third-order valence-corrected chi connectivity index (χ3v) is 2.81. The zero-order valence-electron chi connectivity index (χ0n) is 11.4. The van der Waals surface area contributed by atoms with Crippen molar-refractivity contribution in [1.29, 1.82) is 0 Å². The Morgan fingerprint density at radius 1 is 1.10 bits per heavy atom. The van der Waals surface area contributed by atoms with Gasteiger partial charge in [0.2, 0.25) is 0 Å². The van der Waals surface area contributed by atoms with E-state index >= 15 is 0 Å². The summed E-state index contributed by atoms with van der Waals surface area (Å²) in [4.78, 5) is 11.9. The van der Waals surface area contributed by atoms with Gasteiger partial charge in [0, 0.05) is 11.3 Å². The molecule has 0 heterocycles. The first kappa shape index (κ1) is 13.9. The maximum atomic E-state index is 11.9. The van der Waals surface area contributed by atoms with Crippen LogP contribution in [-0.2, 0) is 0 Å². The number of benzene rings is 2. The van der Waals surface area contributed by atoms with Crippen LogP contribution in [0.1, 0.15) is 22.8 Å². The van der Waals surface area contributed by atoms with Crippen molar-refractivity contribution in [3.05, 3.63) is 65.7 Å². The highest BCUT2D eigenvalue weighted by atomic mass is 16.5. The Morgan fingerprint density at radius 3 is 2.35 bits per heavy atom. The minimum absolute atomic E-state index is 0.0427. The van der Waals surface area contributed by atoms with E-state index in [1.165, 1.54) is 0 Å². The third-order valence-electron chi connectivity index (χ3n) is 2.81. The minimum Gasteiger partial charge on any atom is -0.494 e. The Hall–Kier alpha value is -2.55. The van der Waals surface area contributed by atoms with Crippen molar-refractivity contribution >= 4 is 17.5 Å². The summed E-state index contributed by atoms with van der Waals surface area (Å²) in [6.07, 6.45) is 3.34. The number of rotatable bonds is 5. The molecule has 2 aromatic carbocycles. The van der Waals surface area contributed by atoms with Crippen LogP contribution in [0.25, 0.3) is 6.08 Å². The van der Waals surface area contributed by atoms with Crippen molar-refractivity contribution in [2.75, 3.05) is 12.3 Å². The van der Waals surface area contributed by atoms with Crippen molar-refractivity contribution in [2.45, 2.75) is 6.92 Å². The zero-order chi connectivity index (χ0) is 14.4. The summed E-state index contributed by atoms with van der Waals surface area (Å²) < 4.78 is 5.36. The van der Waals surface area contributed by atoms with Crippen molar-refractivity contribution in [1.82, 2.24) is 0 Å². The molecule has 0 aliphatic carbocycles. The summed E-state index contributed by atoms with van der Waals surface area (Å²) in [5, 5.41) is 0. The van der Waals surface area contributed by atoms with Gasteiger partial charge >= 0.3 is 0 Å². The van der Waals surface area contributed by atoms with Gasteiger partial charge in [0.1, 0.15) is 5.75 Å². The maximum Gasteiger partial charge on any atom is 0.185 e. The largest absolute Gasteiger partial charge is 0.494 e. The quantitative estimate of drug-likeness (QED) is 0.512. The number of carbonyl (C=O) groups is 1. The molecule has 0 spiro atoms. The van der Waals surface area contributed by atoms with Crippen molar-refractivity contribution < 1.29 is 9.53 Å². The molecule has 0 saturated carbocycles. The molecule has 0 bridgehead atoms. The number of hydrogen-bond acceptors (Lipinski definition) is 3. The first-order chi connectivity index (χ1) is 9.69. The van der Waals surface area contributed by atoms with Crippen LogP contribution in [0, 0.1) is 0 Å². The van der Waals surface area contributed by atoms with Gasteiger partial charge < -0.3 is 10.5 Å². The van der Waals surface area contributed by atoms with Crippen LogP contribution in [-0.4, -0.2) is 12.4 Å². The number of allylic oxidation sites excluding steroid dienone is 1. The molecule has 0 aliphatic heterocycles. The van der Waals surface area contributed by atoms with Crippen molar-refractivity contribution in [3.8, 4) is 5.75 Å². The predicted molar refractivity (Wildman–Crippen MR) is 81.8 cm³/mol. The Bertz CT molecular complexity index is 598. The van der Waals surface area contributed by atoms with Gasteiger partial charge in [0.25, 0.3) is 0 Å². The molecule has 20 heavy (non-hydrogen) atoms. The molecule has 0 radical (unpaired) electrons. The zero-order valence-corrected chi connectivity index (χ0v) is 11.4. The molecule has 2 N–H and O–H groups in total. The average Bonchev–Trinajstić information content (AvgIpc) is 2.47. The molecule has 2 aromatic rings. The topological polar surface area (TPSA) is 52.3 Å². The summed E-state index contributed by atoms with van der Waals surface area (Å²) in [6.45, 7) is 2.59. The Balaban J connectivity index is 2.04.